The molecular weight excluding hydrogens is 350 g/mol. The van der Waals surface area contributed by atoms with E-state index in [9.17, 15) is 13.2 Å². The Bertz CT molecular complexity index is 929. The van der Waals surface area contributed by atoms with Gasteiger partial charge in [0.05, 0.1) is 17.4 Å². The molecule has 0 radical (unpaired) electrons. The van der Waals surface area contributed by atoms with Gasteiger partial charge in [0.25, 0.3) is 0 Å². The molecule has 136 valence electrons. The lowest BCUT2D eigenvalue weighted by Crippen LogP contribution is -2.28. The first-order valence-electron chi connectivity index (χ1n) is 8.14. The Hall–Kier alpha value is -2.69. The van der Waals surface area contributed by atoms with Crippen molar-refractivity contribution >= 4 is 21.6 Å². The fraction of sp³-hybridized carbons (Fsp3) is 0.263. The average molecular weight is 371 g/mol. The summed E-state index contributed by atoms with van der Waals surface area (Å²) in [5, 5.41) is 11.3. The lowest BCUT2D eigenvalue weighted by Gasteiger charge is -2.10. The normalized spacial score (nSPS) is 11.0. The molecule has 0 saturated heterocycles. The van der Waals surface area contributed by atoms with Crippen molar-refractivity contribution < 1.29 is 13.2 Å². The van der Waals surface area contributed by atoms with Crippen molar-refractivity contribution in [1.29, 1.82) is 5.26 Å². The summed E-state index contributed by atoms with van der Waals surface area (Å²) in [5.74, 6) is -0.290. The molecule has 2 aromatic carbocycles. The van der Waals surface area contributed by atoms with Gasteiger partial charge in [0.15, 0.2) is 0 Å². The molecule has 1 amide bonds. The number of carbonyl (C=O) groups excluding carboxylic acids is 1. The SMILES string of the molecule is Cc1ccc(C)c(S(=O)(=O)NCCC(=O)Nc2ccc(CC#N)cc2)c1. The van der Waals surface area contributed by atoms with Gasteiger partial charge in [-0.2, -0.15) is 5.26 Å². The third kappa shape index (κ3) is 5.41. The average Bonchev–Trinajstić information content (AvgIpc) is 2.59. The lowest BCUT2D eigenvalue weighted by atomic mass is 10.1. The molecule has 6 nitrogen and oxygen atoms in total. The Morgan fingerprint density at radius 1 is 1.12 bits per heavy atom. The van der Waals surface area contributed by atoms with E-state index in [1.54, 1.807) is 43.3 Å². The molecule has 0 spiro atoms. The minimum absolute atomic E-state index is 0.00800. The van der Waals surface area contributed by atoms with Gasteiger partial charge in [-0.25, -0.2) is 13.1 Å². The summed E-state index contributed by atoms with van der Waals surface area (Å²) in [6.45, 7) is 3.57. The highest BCUT2D eigenvalue weighted by atomic mass is 32.2. The third-order valence-corrected chi connectivity index (χ3v) is 5.40. The molecule has 0 aliphatic heterocycles. The summed E-state index contributed by atoms with van der Waals surface area (Å²) in [5.41, 5.74) is 2.99. The predicted molar refractivity (Wildman–Crippen MR) is 100 cm³/mol. The van der Waals surface area contributed by atoms with Gasteiger partial charge in [0.1, 0.15) is 0 Å². The van der Waals surface area contributed by atoms with E-state index in [2.05, 4.69) is 16.1 Å². The van der Waals surface area contributed by atoms with Gasteiger partial charge >= 0.3 is 0 Å². The van der Waals surface area contributed by atoms with Crippen LogP contribution in [0.2, 0.25) is 0 Å². The highest BCUT2D eigenvalue weighted by Gasteiger charge is 2.17. The Morgan fingerprint density at radius 2 is 1.81 bits per heavy atom. The van der Waals surface area contributed by atoms with Crippen LogP contribution in [-0.4, -0.2) is 20.9 Å². The molecule has 0 aliphatic rings. The number of hydrogen-bond acceptors (Lipinski definition) is 4. The maximum atomic E-state index is 12.4. The molecule has 0 saturated carbocycles. The number of hydrogen-bond donors (Lipinski definition) is 2. The van der Waals surface area contributed by atoms with Crippen LogP contribution in [0, 0.1) is 25.2 Å². The van der Waals surface area contributed by atoms with Crippen LogP contribution in [0.5, 0.6) is 0 Å². The number of nitrogens with one attached hydrogen (secondary N) is 2. The number of nitrogens with zero attached hydrogens (tertiary/aromatic N) is 1. The van der Waals surface area contributed by atoms with Crippen molar-refractivity contribution in [2.45, 2.75) is 31.6 Å². The highest BCUT2D eigenvalue weighted by Crippen LogP contribution is 2.16. The summed E-state index contributed by atoms with van der Waals surface area (Å²) >= 11 is 0. The second kappa shape index (κ2) is 8.61. The van der Waals surface area contributed by atoms with Crippen molar-refractivity contribution in [2.75, 3.05) is 11.9 Å². The van der Waals surface area contributed by atoms with Crippen LogP contribution in [0.1, 0.15) is 23.1 Å². The predicted octanol–water partition coefficient (Wildman–Crippen LogP) is 2.68. The number of benzene rings is 2. The van der Waals surface area contributed by atoms with Gasteiger partial charge in [-0.05, 0) is 48.7 Å². The highest BCUT2D eigenvalue weighted by molar-refractivity contribution is 7.89. The van der Waals surface area contributed by atoms with Gasteiger partial charge in [0.2, 0.25) is 15.9 Å². The number of sulfonamides is 1. The molecule has 7 heteroatoms. The summed E-state index contributed by atoms with van der Waals surface area (Å²) in [6, 6.07) is 14.2. The van der Waals surface area contributed by atoms with Crippen molar-refractivity contribution in [1.82, 2.24) is 4.72 Å². The zero-order chi connectivity index (χ0) is 19.2. The van der Waals surface area contributed by atoms with Gasteiger partial charge in [0, 0.05) is 18.7 Å². The molecule has 2 rings (SSSR count). The molecule has 0 unspecified atom stereocenters. The van der Waals surface area contributed by atoms with E-state index >= 15 is 0 Å². The molecule has 0 aromatic heterocycles. The number of rotatable bonds is 7. The molecule has 0 heterocycles. The number of amides is 1. The molecule has 2 N–H and O–H groups in total. The standard InChI is InChI=1S/C19H21N3O3S/c1-14-3-4-15(2)18(13-14)26(24,25)21-12-10-19(23)22-17-7-5-16(6-8-17)9-11-20/h3-8,13,21H,9-10,12H2,1-2H3,(H,22,23). The quantitative estimate of drug-likeness (QED) is 0.781. The maximum absolute atomic E-state index is 12.4. The van der Waals surface area contributed by atoms with Crippen LogP contribution in [0.4, 0.5) is 5.69 Å². The number of nitriles is 1. The van der Waals surface area contributed by atoms with Gasteiger partial charge in [-0.3, -0.25) is 4.79 Å². The van der Waals surface area contributed by atoms with Crippen LogP contribution in [0.25, 0.3) is 0 Å². The zero-order valence-corrected chi connectivity index (χ0v) is 15.6. The first-order chi connectivity index (χ1) is 12.3. The second-order valence-electron chi connectivity index (χ2n) is 6.00. The van der Waals surface area contributed by atoms with Crippen molar-refractivity contribution in [3.05, 3.63) is 59.2 Å². The van der Waals surface area contributed by atoms with Crippen LogP contribution in [-0.2, 0) is 21.2 Å². The first kappa shape index (κ1) is 19.6. The second-order valence-corrected chi connectivity index (χ2v) is 7.73. The van der Waals surface area contributed by atoms with Crippen LogP contribution < -0.4 is 10.0 Å². The van der Waals surface area contributed by atoms with Gasteiger partial charge in [-0.1, -0.05) is 24.3 Å². The van der Waals surface area contributed by atoms with Gasteiger partial charge < -0.3 is 5.32 Å². The Labute approximate surface area is 153 Å². The number of anilines is 1. The molecule has 26 heavy (non-hydrogen) atoms. The monoisotopic (exact) mass is 371 g/mol. The Morgan fingerprint density at radius 3 is 2.46 bits per heavy atom. The molecule has 0 aliphatic carbocycles. The van der Waals surface area contributed by atoms with Crippen molar-refractivity contribution in [3.63, 3.8) is 0 Å². The molecular formula is C19H21N3O3S. The van der Waals surface area contributed by atoms with Crippen LogP contribution >= 0.6 is 0 Å². The molecule has 0 fully saturated rings. The van der Waals surface area contributed by atoms with E-state index in [1.165, 1.54) is 0 Å². The molecule has 0 atom stereocenters. The van der Waals surface area contributed by atoms with E-state index in [-0.39, 0.29) is 23.8 Å². The maximum Gasteiger partial charge on any atom is 0.240 e. The zero-order valence-electron chi connectivity index (χ0n) is 14.7. The summed E-state index contributed by atoms with van der Waals surface area (Å²) in [4.78, 5) is 12.2. The number of aryl methyl sites for hydroxylation is 2. The fourth-order valence-electron chi connectivity index (χ4n) is 2.39. The fourth-order valence-corrected chi connectivity index (χ4v) is 3.75. The summed E-state index contributed by atoms with van der Waals surface area (Å²) < 4.78 is 27.2. The van der Waals surface area contributed by atoms with E-state index in [4.69, 9.17) is 5.26 Å². The minimum atomic E-state index is -3.65. The van der Waals surface area contributed by atoms with Crippen LogP contribution in [0.3, 0.4) is 0 Å². The number of carbonyl (C=O) groups is 1. The van der Waals surface area contributed by atoms with Crippen LogP contribution in [0.15, 0.2) is 47.4 Å². The van der Waals surface area contributed by atoms with Crippen molar-refractivity contribution in [2.24, 2.45) is 0 Å². The van der Waals surface area contributed by atoms with E-state index < -0.39 is 10.0 Å². The lowest BCUT2D eigenvalue weighted by molar-refractivity contribution is -0.116. The Kier molecular flexibility index (Phi) is 6.50. The summed E-state index contributed by atoms with van der Waals surface area (Å²) in [6.07, 6.45) is 0.332. The summed E-state index contributed by atoms with van der Waals surface area (Å²) in [7, 11) is -3.65. The molecule has 0 bridgehead atoms. The van der Waals surface area contributed by atoms with Gasteiger partial charge in [-0.15, -0.1) is 0 Å². The first-order valence-corrected chi connectivity index (χ1v) is 9.63. The van der Waals surface area contributed by atoms with Crippen molar-refractivity contribution in [3.8, 4) is 6.07 Å². The third-order valence-electron chi connectivity index (χ3n) is 3.80. The van der Waals surface area contributed by atoms with E-state index in [0.29, 0.717) is 17.7 Å². The van der Waals surface area contributed by atoms with E-state index in [0.717, 1.165) is 11.1 Å². The smallest absolute Gasteiger partial charge is 0.240 e. The minimum Gasteiger partial charge on any atom is -0.326 e. The Balaban J connectivity index is 1.89. The molecule has 2 aromatic rings. The van der Waals surface area contributed by atoms with E-state index in [1.807, 2.05) is 13.0 Å². The largest absolute Gasteiger partial charge is 0.326 e. The topological polar surface area (TPSA) is 99.1 Å².